The number of hydrogen-bond donors (Lipinski definition) is 1. The minimum atomic E-state index is -0.285. The molecule has 78 valence electrons. The number of pyridine rings is 1. The highest BCUT2D eigenvalue weighted by molar-refractivity contribution is 5.17. The molecule has 14 heavy (non-hydrogen) atoms. The zero-order chi connectivity index (χ0) is 10.8. The van der Waals surface area contributed by atoms with Gasteiger partial charge in [-0.1, -0.05) is 20.8 Å². The molecule has 0 fully saturated rings. The summed E-state index contributed by atoms with van der Waals surface area (Å²) in [6, 6.07) is 1.64. The molecule has 0 aliphatic carbocycles. The predicted molar refractivity (Wildman–Crippen MR) is 55.5 cm³/mol. The summed E-state index contributed by atoms with van der Waals surface area (Å²) in [5, 5.41) is 3.18. The Morgan fingerprint density at radius 1 is 1.36 bits per heavy atom. The third-order valence-corrected chi connectivity index (χ3v) is 2.21. The molecule has 0 aliphatic rings. The van der Waals surface area contributed by atoms with E-state index >= 15 is 0 Å². The lowest BCUT2D eigenvalue weighted by Crippen LogP contribution is -2.29. The molecule has 0 saturated carbocycles. The van der Waals surface area contributed by atoms with E-state index in [1.807, 2.05) is 7.05 Å². The molecule has 0 bridgehead atoms. The Kier molecular flexibility index (Phi) is 3.21. The molecule has 1 rings (SSSR count). The second-order valence-electron chi connectivity index (χ2n) is 4.52. The van der Waals surface area contributed by atoms with Crippen LogP contribution in [0.5, 0.6) is 0 Å². The molecule has 3 heteroatoms. The quantitative estimate of drug-likeness (QED) is 0.786. The molecule has 0 aromatic carbocycles. The molecule has 0 saturated heterocycles. The lowest BCUT2D eigenvalue weighted by Gasteiger charge is -2.30. The Balaban J connectivity index is 3.01. The largest absolute Gasteiger partial charge is 0.313 e. The maximum atomic E-state index is 13.0. The third kappa shape index (κ3) is 2.51. The zero-order valence-electron chi connectivity index (χ0n) is 9.13. The van der Waals surface area contributed by atoms with Crippen molar-refractivity contribution in [1.29, 1.82) is 0 Å². The van der Waals surface area contributed by atoms with E-state index in [-0.39, 0.29) is 17.3 Å². The third-order valence-electron chi connectivity index (χ3n) is 2.21. The number of aromatic nitrogens is 1. The summed E-state index contributed by atoms with van der Waals surface area (Å²) < 4.78 is 13.0. The highest BCUT2D eigenvalue weighted by Gasteiger charge is 2.24. The first-order chi connectivity index (χ1) is 6.45. The van der Waals surface area contributed by atoms with Gasteiger partial charge in [-0.05, 0) is 24.1 Å². The predicted octanol–water partition coefficient (Wildman–Crippen LogP) is 2.53. The van der Waals surface area contributed by atoms with Crippen molar-refractivity contribution in [1.82, 2.24) is 10.3 Å². The van der Waals surface area contributed by atoms with Gasteiger partial charge in [0.2, 0.25) is 0 Å². The van der Waals surface area contributed by atoms with Crippen LogP contribution in [-0.2, 0) is 0 Å². The van der Waals surface area contributed by atoms with Crippen molar-refractivity contribution in [2.75, 3.05) is 7.05 Å². The molecule has 1 aromatic rings. The van der Waals surface area contributed by atoms with Gasteiger partial charge in [-0.3, -0.25) is 4.98 Å². The molecule has 1 atom stereocenters. The van der Waals surface area contributed by atoms with E-state index in [9.17, 15) is 4.39 Å². The number of hydrogen-bond acceptors (Lipinski definition) is 2. The van der Waals surface area contributed by atoms with Gasteiger partial charge >= 0.3 is 0 Å². The molecule has 0 amide bonds. The number of halogens is 1. The highest BCUT2D eigenvalue weighted by atomic mass is 19.1. The van der Waals surface area contributed by atoms with Crippen molar-refractivity contribution < 1.29 is 4.39 Å². The Morgan fingerprint density at radius 3 is 2.43 bits per heavy atom. The zero-order valence-corrected chi connectivity index (χ0v) is 9.13. The van der Waals surface area contributed by atoms with E-state index in [2.05, 4.69) is 31.1 Å². The minimum Gasteiger partial charge on any atom is -0.313 e. The smallest absolute Gasteiger partial charge is 0.141 e. The van der Waals surface area contributed by atoms with Crippen LogP contribution in [0.4, 0.5) is 4.39 Å². The molecular formula is C11H17FN2. The van der Waals surface area contributed by atoms with Crippen LogP contribution in [0.3, 0.4) is 0 Å². The van der Waals surface area contributed by atoms with E-state index < -0.39 is 0 Å². The molecule has 1 heterocycles. The van der Waals surface area contributed by atoms with Crippen molar-refractivity contribution >= 4 is 0 Å². The van der Waals surface area contributed by atoms with Crippen molar-refractivity contribution in [3.8, 4) is 0 Å². The van der Waals surface area contributed by atoms with Crippen LogP contribution in [0.2, 0.25) is 0 Å². The second kappa shape index (κ2) is 4.05. The fourth-order valence-corrected chi connectivity index (χ4v) is 1.69. The van der Waals surface area contributed by atoms with Gasteiger partial charge < -0.3 is 5.32 Å². The first-order valence-electron chi connectivity index (χ1n) is 4.73. The van der Waals surface area contributed by atoms with Crippen molar-refractivity contribution in [2.45, 2.75) is 26.8 Å². The maximum absolute atomic E-state index is 13.0. The molecule has 2 nitrogen and oxygen atoms in total. The first-order valence-corrected chi connectivity index (χ1v) is 4.73. The van der Waals surface area contributed by atoms with E-state index in [1.54, 1.807) is 6.20 Å². The number of nitrogens with one attached hydrogen (secondary N) is 1. The van der Waals surface area contributed by atoms with Gasteiger partial charge in [0.15, 0.2) is 0 Å². The molecule has 1 unspecified atom stereocenters. The molecule has 0 radical (unpaired) electrons. The van der Waals surface area contributed by atoms with Gasteiger partial charge in [-0.25, -0.2) is 4.39 Å². The van der Waals surface area contributed by atoms with Crippen LogP contribution in [0, 0.1) is 11.2 Å². The average Bonchev–Trinajstić information content (AvgIpc) is 2.02. The Labute approximate surface area is 84.6 Å². The summed E-state index contributed by atoms with van der Waals surface area (Å²) in [4.78, 5) is 3.85. The van der Waals surface area contributed by atoms with Gasteiger partial charge in [-0.15, -0.1) is 0 Å². The summed E-state index contributed by atoms with van der Waals surface area (Å²) in [7, 11) is 1.88. The SMILES string of the molecule is CNC(c1cncc(F)c1)C(C)(C)C. The lowest BCUT2D eigenvalue weighted by molar-refractivity contribution is 0.286. The topological polar surface area (TPSA) is 24.9 Å². The van der Waals surface area contributed by atoms with Gasteiger partial charge in [0, 0.05) is 12.2 Å². The normalized spacial score (nSPS) is 14.1. The second-order valence-corrected chi connectivity index (χ2v) is 4.52. The Bertz CT molecular complexity index is 304. The number of nitrogens with zero attached hydrogens (tertiary/aromatic N) is 1. The maximum Gasteiger partial charge on any atom is 0.141 e. The fourth-order valence-electron chi connectivity index (χ4n) is 1.69. The first kappa shape index (κ1) is 11.1. The lowest BCUT2D eigenvalue weighted by atomic mass is 9.83. The van der Waals surface area contributed by atoms with Crippen LogP contribution >= 0.6 is 0 Å². The summed E-state index contributed by atoms with van der Waals surface area (Å²) >= 11 is 0. The molecular weight excluding hydrogens is 179 g/mol. The standard InChI is InChI=1S/C11H17FN2/c1-11(2,3)10(13-4)8-5-9(12)7-14-6-8/h5-7,10,13H,1-4H3. The van der Waals surface area contributed by atoms with Crippen molar-refractivity contribution in [3.05, 3.63) is 29.8 Å². The van der Waals surface area contributed by atoms with E-state index in [0.717, 1.165) is 5.56 Å². The van der Waals surface area contributed by atoms with E-state index in [1.165, 1.54) is 12.3 Å². The van der Waals surface area contributed by atoms with Crippen LogP contribution in [0.15, 0.2) is 18.5 Å². The van der Waals surface area contributed by atoms with Gasteiger partial charge in [0.1, 0.15) is 5.82 Å². The van der Waals surface area contributed by atoms with Crippen LogP contribution in [0.1, 0.15) is 32.4 Å². The minimum absolute atomic E-state index is 0.0459. The van der Waals surface area contributed by atoms with E-state index in [4.69, 9.17) is 0 Å². The summed E-state index contributed by atoms with van der Waals surface area (Å²) in [5.41, 5.74) is 0.935. The average molecular weight is 196 g/mol. The van der Waals surface area contributed by atoms with Crippen molar-refractivity contribution in [3.63, 3.8) is 0 Å². The van der Waals surface area contributed by atoms with Gasteiger partial charge in [0.05, 0.1) is 6.20 Å². The van der Waals surface area contributed by atoms with Crippen molar-refractivity contribution in [2.24, 2.45) is 5.41 Å². The molecule has 1 aromatic heterocycles. The van der Waals surface area contributed by atoms with Crippen LogP contribution < -0.4 is 5.32 Å². The molecule has 0 spiro atoms. The van der Waals surface area contributed by atoms with Crippen LogP contribution in [-0.4, -0.2) is 12.0 Å². The molecule has 1 N–H and O–H groups in total. The van der Waals surface area contributed by atoms with Gasteiger partial charge in [-0.2, -0.15) is 0 Å². The summed E-state index contributed by atoms with van der Waals surface area (Å²) in [6.07, 6.45) is 2.92. The number of rotatable bonds is 2. The Hall–Kier alpha value is -0.960. The molecule has 0 aliphatic heterocycles. The summed E-state index contributed by atoms with van der Waals surface area (Å²) in [6.45, 7) is 6.33. The van der Waals surface area contributed by atoms with Gasteiger partial charge in [0.25, 0.3) is 0 Å². The summed E-state index contributed by atoms with van der Waals surface area (Å²) in [5.74, 6) is -0.285. The Morgan fingerprint density at radius 2 is 2.00 bits per heavy atom. The monoisotopic (exact) mass is 196 g/mol. The highest BCUT2D eigenvalue weighted by Crippen LogP contribution is 2.31. The van der Waals surface area contributed by atoms with Crippen LogP contribution in [0.25, 0.3) is 0 Å². The fraction of sp³-hybridized carbons (Fsp3) is 0.545. The van der Waals surface area contributed by atoms with E-state index in [0.29, 0.717) is 0 Å².